The van der Waals surface area contributed by atoms with E-state index in [1.807, 2.05) is 0 Å². The largest absolute Gasteiger partial charge is 0.0883 e. The van der Waals surface area contributed by atoms with Crippen molar-refractivity contribution in [2.24, 2.45) is 11.8 Å². The topological polar surface area (TPSA) is 0 Å². The molecule has 0 nitrogen and oxygen atoms in total. The third kappa shape index (κ3) is 4.83. The highest BCUT2D eigenvalue weighted by Gasteiger charge is 2.14. The molecule has 1 saturated carbocycles. The van der Waals surface area contributed by atoms with Crippen LogP contribution in [-0.4, -0.2) is 0 Å². The molecule has 0 heterocycles. The number of allylic oxidation sites excluding steroid dienone is 2. The van der Waals surface area contributed by atoms with Gasteiger partial charge in [0.25, 0.3) is 0 Å². The lowest BCUT2D eigenvalue weighted by molar-refractivity contribution is 0.315. The van der Waals surface area contributed by atoms with Crippen molar-refractivity contribution >= 4 is 0 Å². The molecule has 0 aromatic heterocycles. The van der Waals surface area contributed by atoms with Crippen molar-refractivity contribution in [2.75, 3.05) is 0 Å². The van der Waals surface area contributed by atoms with Crippen LogP contribution in [0, 0.1) is 11.8 Å². The molecule has 1 aliphatic carbocycles. The van der Waals surface area contributed by atoms with E-state index in [4.69, 9.17) is 0 Å². The Morgan fingerprint density at radius 2 is 1.93 bits per heavy atom. The summed E-state index contributed by atoms with van der Waals surface area (Å²) < 4.78 is 0. The SMILES string of the molecule is CCC/C=C/C(C)CC1CCCCC1. The van der Waals surface area contributed by atoms with E-state index in [-0.39, 0.29) is 0 Å². The first-order valence-corrected chi connectivity index (χ1v) is 6.49. The highest BCUT2D eigenvalue weighted by Crippen LogP contribution is 2.29. The molecule has 14 heavy (non-hydrogen) atoms. The minimum Gasteiger partial charge on any atom is -0.0883 e. The summed E-state index contributed by atoms with van der Waals surface area (Å²) in [6.45, 7) is 4.62. The number of hydrogen-bond acceptors (Lipinski definition) is 0. The zero-order chi connectivity index (χ0) is 10.2. The van der Waals surface area contributed by atoms with Gasteiger partial charge in [0, 0.05) is 0 Å². The second-order valence-electron chi connectivity index (χ2n) is 4.93. The number of unbranched alkanes of at least 4 members (excludes halogenated alkanes) is 1. The van der Waals surface area contributed by atoms with E-state index in [1.54, 1.807) is 0 Å². The quantitative estimate of drug-likeness (QED) is 0.543. The zero-order valence-electron chi connectivity index (χ0n) is 9.97. The van der Waals surface area contributed by atoms with E-state index in [2.05, 4.69) is 26.0 Å². The molecular weight excluding hydrogens is 168 g/mol. The lowest BCUT2D eigenvalue weighted by Gasteiger charge is -2.23. The minimum absolute atomic E-state index is 0.810. The van der Waals surface area contributed by atoms with Crippen LogP contribution in [0.25, 0.3) is 0 Å². The monoisotopic (exact) mass is 194 g/mol. The average molecular weight is 194 g/mol. The maximum Gasteiger partial charge on any atom is -0.0259 e. The van der Waals surface area contributed by atoms with Crippen LogP contribution in [0.2, 0.25) is 0 Å². The lowest BCUT2D eigenvalue weighted by atomic mass is 9.83. The summed E-state index contributed by atoms with van der Waals surface area (Å²) in [7, 11) is 0. The van der Waals surface area contributed by atoms with Crippen molar-refractivity contribution in [2.45, 2.75) is 65.2 Å². The van der Waals surface area contributed by atoms with Gasteiger partial charge in [0.2, 0.25) is 0 Å². The first-order valence-electron chi connectivity index (χ1n) is 6.49. The fourth-order valence-electron chi connectivity index (χ4n) is 2.52. The van der Waals surface area contributed by atoms with Crippen LogP contribution in [0.5, 0.6) is 0 Å². The molecule has 0 heteroatoms. The molecule has 0 aliphatic heterocycles. The van der Waals surface area contributed by atoms with Gasteiger partial charge in [-0.3, -0.25) is 0 Å². The van der Waals surface area contributed by atoms with Crippen LogP contribution in [0.4, 0.5) is 0 Å². The Bertz CT molecular complexity index is 151. The molecule has 0 bridgehead atoms. The second-order valence-corrected chi connectivity index (χ2v) is 4.93. The molecule has 0 aromatic carbocycles. The van der Waals surface area contributed by atoms with E-state index in [0.717, 1.165) is 11.8 Å². The van der Waals surface area contributed by atoms with Crippen molar-refractivity contribution in [1.29, 1.82) is 0 Å². The van der Waals surface area contributed by atoms with Gasteiger partial charge < -0.3 is 0 Å². The van der Waals surface area contributed by atoms with Gasteiger partial charge in [-0.2, -0.15) is 0 Å². The van der Waals surface area contributed by atoms with Crippen molar-refractivity contribution in [3.8, 4) is 0 Å². The lowest BCUT2D eigenvalue weighted by Crippen LogP contribution is -2.09. The Hall–Kier alpha value is -0.260. The van der Waals surface area contributed by atoms with E-state index in [1.165, 1.54) is 51.4 Å². The molecule has 0 aromatic rings. The zero-order valence-corrected chi connectivity index (χ0v) is 9.97. The van der Waals surface area contributed by atoms with E-state index in [9.17, 15) is 0 Å². The fourth-order valence-corrected chi connectivity index (χ4v) is 2.52. The van der Waals surface area contributed by atoms with Gasteiger partial charge in [0.1, 0.15) is 0 Å². The Morgan fingerprint density at radius 3 is 2.57 bits per heavy atom. The van der Waals surface area contributed by atoms with Gasteiger partial charge in [-0.25, -0.2) is 0 Å². The highest BCUT2D eigenvalue weighted by atomic mass is 14.2. The molecule has 0 amide bonds. The van der Waals surface area contributed by atoms with E-state index >= 15 is 0 Å². The highest BCUT2D eigenvalue weighted by molar-refractivity contribution is 4.87. The van der Waals surface area contributed by atoms with Gasteiger partial charge in [0.15, 0.2) is 0 Å². The Morgan fingerprint density at radius 1 is 1.21 bits per heavy atom. The van der Waals surface area contributed by atoms with E-state index < -0.39 is 0 Å². The van der Waals surface area contributed by atoms with Gasteiger partial charge in [0.05, 0.1) is 0 Å². The van der Waals surface area contributed by atoms with E-state index in [0.29, 0.717) is 0 Å². The van der Waals surface area contributed by atoms with Crippen LogP contribution in [0.1, 0.15) is 65.2 Å². The predicted octanol–water partition coefficient (Wildman–Crippen LogP) is 4.95. The normalized spacial score (nSPS) is 21.6. The summed E-state index contributed by atoms with van der Waals surface area (Å²) in [5.74, 6) is 1.84. The van der Waals surface area contributed by atoms with Crippen molar-refractivity contribution in [3.63, 3.8) is 0 Å². The minimum atomic E-state index is 0.810. The van der Waals surface area contributed by atoms with Crippen LogP contribution in [0.3, 0.4) is 0 Å². The van der Waals surface area contributed by atoms with Crippen LogP contribution in [0.15, 0.2) is 12.2 Å². The summed E-state index contributed by atoms with van der Waals surface area (Å²) in [5.41, 5.74) is 0. The average Bonchev–Trinajstić information content (AvgIpc) is 2.20. The molecule has 1 aliphatic rings. The summed E-state index contributed by atoms with van der Waals surface area (Å²) in [6.07, 6.45) is 16.2. The van der Waals surface area contributed by atoms with Gasteiger partial charge in [-0.05, 0) is 24.7 Å². The summed E-state index contributed by atoms with van der Waals surface area (Å²) in [6, 6.07) is 0. The smallest absolute Gasteiger partial charge is 0.0259 e. The standard InChI is InChI=1S/C14H26/c1-3-4-6-9-13(2)12-14-10-7-5-8-11-14/h6,9,13-14H,3-5,7-8,10-12H2,1-2H3/b9-6+. The number of rotatable bonds is 5. The molecule has 1 atom stereocenters. The van der Waals surface area contributed by atoms with Gasteiger partial charge in [-0.1, -0.05) is 64.5 Å². The Labute approximate surface area is 89.8 Å². The second kappa shape index (κ2) is 7.09. The molecule has 1 rings (SSSR count). The Balaban J connectivity index is 2.14. The summed E-state index contributed by atoms with van der Waals surface area (Å²) >= 11 is 0. The van der Waals surface area contributed by atoms with Crippen LogP contribution >= 0.6 is 0 Å². The maximum absolute atomic E-state index is 2.43. The molecular formula is C14H26. The fraction of sp³-hybridized carbons (Fsp3) is 0.857. The molecule has 1 fully saturated rings. The summed E-state index contributed by atoms with van der Waals surface area (Å²) in [5, 5.41) is 0. The molecule has 1 unspecified atom stereocenters. The molecule has 0 spiro atoms. The molecule has 82 valence electrons. The number of hydrogen-bond donors (Lipinski definition) is 0. The first kappa shape index (κ1) is 11.8. The van der Waals surface area contributed by atoms with Gasteiger partial charge in [-0.15, -0.1) is 0 Å². The summed E-state index contributed by atoms with van der Waals surface area (Å²) in [4.78, 5) is 0. The predicted molar refractivity (Wildman–Crippen MR) is 64.4 cm³/mol. The third-order valence-electron chi connectivity index (χ3n) is 3.35. The van der Waals surface area contributed by atoms with Gasteiger partial charge >= 0.3 is 0 Å². The van der Waals surface area contributed by atoms with Crippen LogP contribution in [-0.2, 0) is 0 Å². The van der Waals surface area contributed by atoms with Crippen molar-refractivity contribution < 1.29 is 0 Å². The molecule has 0 radical (unpaired) electrons. The molecule has 0 N–H and O–H groups in total. The first-order chi connectivity index (χ1) is 6.83. The van der Waals surface area contributed by atoms with Crippen LogP contribution < -0.4 is 0 Å². The Kier molecular flexibility index (Phi) is 5.98. The van der Waals surface area contributed by atoms with Crippen molar-refractivity contribution in [3.05, 3.63) is 12.2 Å². The maximum atomic E-state index is 2.43. The molecule has 0 saturated heterocycles. The van der Waals surface area contributed by atoms with Crippen molar-refractivity contribution in [1.82, 2.24) is 0 Å². The third-order valence-corrected chi connectivity index (χ3v) is 3.35.